The number of hydrogen-bond donors (Lipinski definition) is 2. The number of rotatable bonds is 1. The van der Waals surface area contributed by atoms with Gasteiger partial charge in [0.05, 0.1) is 0 Å². The van der Waals surface area contributed by atoms with Crippen LogP contribution in [-0.4, -0.2) is 9.79 Å². The van der Waals surface area contributed by atoms with E-state index in [4.69, 9.17) is 9.79 Å². The zero-order chi connectivity index (χ0) is 8.55. The van der Waals surface area contributed by atoms with Crippen LogP contribution in [0.4, 0.5) is 0 Å². The molecule has 0 atom stereocenters. The van der Waals surface area contributed by atoms with E-state index in [0.29, 0.717) is 5.30 Å². The lowest BCUT2D eigenvalue weighted by atomic mass is 10.3. The van der Waals surface area contributed by atoms with Crippen molar-refractivity contribution >= 4 is 35.1 Å². The van der Waals surface area contributed by atoms with E-state index < -0.39 is 8.38 Å². The number of hydrogen-bond acceptors (Lipinski definition) is 3. The SMILES string of the molecule is OP(O)c1csc2ccccc12. The summed E-state index contributed by atoms with van der Waals surface area (Å²) in [6, 6.07) is 7.72. The van der Waals surface area contributed by atoms with Crippen LogP contribution >= 0.6 is 19.7 Å². The molecular weight excluding hydrogens is 191 g/mol. The van der Waals surface area contributed by atoms with E-state index >= 15 is 0 Å². The first-order valence-electron chi connectivity index (χ1n) is 3.43. The van der Waals surface area contributed by atoms with Crippen LogP contribution < -0.4 is 5.30 Å². The fraction of sp³-hybridized carbons (Fsp3) is 0. The Morgan fingerprint density at radius 2 is 1.92 bits per heavy atom. The van der Waals surface area contributed by atoms with Gasteiger partial charge in [0, 0.05) is 20.8 Å². The highest BCUT2D eigenvalue weighted by Gasteiger charge is 2.09. The fourth-order valence-corrected chi connectivity index (χ4v) is 2.97. The molecular formula is C8H7O2PS. The second-order valence-corrected chi connectivity index (χ2v) is 4.38. The van der Waals surface area contributed by atoms with Crippen LogP contribution in [0.3, 0.4) is 0 Å². The Kier molecular flexibility index (Phi) is 2.11. The van der Waals surface area contributed by atoms with Crippen molar-refractivity contribution in [2.24, 2.45) is 0 Å². The summed E-state index contributed by atoms with van der Waals surface area (Å²) < 4.78 is 1.10. The fourth-order valence-electron chi connectivity index (χ4n) is 1.12. The maximum Gasteiger partial charge on any atom is 0.201 e. The summed E-state index contributed by atoms with van der Waals surface area (Å²) in [6.07, 6.45) is 0. The van der Waals surface area contributed by atoms with Crippen molar-refractivity contribution < 1.29 is 9.79 Å². The number of thiophene rings is 1. The van der Waals surface area contributed by atoms with E-state index in [-0.39, 0.29) is 0 Å². The van der Waals surface area contributed by atoms with Gasteiger partial charge in [0.25, 0.3) is 0 Å². The van der Waals surface area contributed by atoms with Gasteiger partial charge in [-0.25, -0.2) is 0 Å². The third-order valence-corrected chi connectivity index (χ3v) is 3.62. The summed E-state index contributed by atoms with van der Waals surface area (Å²) in [5.74, 6) is 0. The molecule has 2 N–H and O–H groups in total. The molecule has 1 aromatic carbocycles. The highest BCUT2D eigenvalue weighted by Crippen LogP contribution is 2.30. The first kappa shape index (κ1) is 8.14. The predicted octanol–water partition coefficient (Wildman–Crippen LogP) is 1.82. The molecule has 1 aromatic heterocycles. The normalized spacial score (nSPS) is 11.2. The highest BCUT2D eigenvalue weighted by atomic mass is 32.1. The first-order chi connectivity index (χ1) is 5.79. The molecule has 2 aromatic rings. The van der Waals surface area contributed by atoms with Crippen molar-refractivity contribution in [2.75, 3.05) is 0 Å². The smallest absolute Gasteiger partial charge is 0.201 e. The van der Waals surface area contributed by atoms with E-state index in [2.05, 4.69) is 0 Å². The molecule has 1 heterocycles. The van der Waals surface area contributed by atoms with Crippen molar-refractivity contribution in [1.29, 1.82) is 0 Å². The zero-order valence-corrected chi connectivity index (χ0v) is 7.85. The Morgan fingerprint density at radius 1 is 1.17 bits per heavy atom. The van der Waals surface area contributed by atoms with E-state index in [9.17, 15) is 0 Å². The van der Waals surface area contributed by atoms with Gasteiger partial charge >= 0.3 is 0 Å². The van der Waals surface area contributed by atoms with Gasteiger partial charge in [-0.2, -0.15) is 0 Å². The van der Waals surface area contributed by atoms with E-state index in [0.717, 1.165) is 10.1 Å². The topological polar surface area (TPSA) is 40.5 Å². The second-order valence-electron chi connectivity index (χ2n) is 2.41. The summed E-state index contributed by atoms with van der Waals surface area (Å²) in [5, 5.41) is 3.42. The lowest BCUT2D eigenvalue weighted by molar-refractivity contribution is 0.497. The summed E-state index contributed by atoms with van der Waals surface area (Å²) in [4.78, 5) is 18.1. The quantitative estimate of drug-likeness (QED) is 0.686. The molecule has 4 heteroatoms. The average Bonchev–Trinajstić information content (AvgIpc) is 2.47. The Bertz CT molecular complexity index is 397. The molecule has 0 radical (unpaired) electrons. The van der Waals surface area contributed by atoms with Gasteiger partial charge in [0.2, 0.25) is 8.38 Å². The van der Waals surface area contributed by atoms with Gasteiger partial charge in [-0.15, -0.1) is 11.3 Å². The molecule has 62 valence electrons. The third-order valence-electron chi connectivity index (χ3n) is 1.68. The molecule has 0 aliphatic carbocycles. The summed E-state index contributed by atoms with van der Waals surface area (Å²) in [5.41, 5.74) is 0. The molecule has 0 unspecified atom stereocenters. The first-order valence-corrected chi connectivity index (χ1v) is 5.56. The van der Waals surface area contributed by atoms with Gasteiger partial charge in [0.15, 0.2) is 0 Å². The van der Waals surface area contributed by atoms with Crippen molar-refractivity contribution in [1.82, 2.24) is 0 Å². The Morgan fingerprint density at radius 3 is 2.67 bits per heavy atom. The van der Waals surface area contributed by atoms with Crippen molar-refractivity contribution in [3.05, 3.63) is 29.6 Å². The zero-order valence-electron chi connectivity index (χ0n) is 6.14. The number of benzene rings is 1. The Balaban J connectivity index is 2.70. The maximum atomic E-state index is 9.04. The maximum absolute atomic E-state index is 9.04. The van der Waals surface area contributed by atoms with Crippen LogP contribution in [0.5, 0.6) is 0 Å². The van der Waals surface area contributed by atoms with Crippen LogP contribution in [0.15, 0.2) is 29.6 Å². The molecule has 0 aliphatic rings. The van der Waals surface area contributed by atoms with Gasteiger partial charge in [0.1, 0.15) is 0 Å². The van der Waals surface area contributed by atoms with Crippen LogP contribution in [0.1, 0.15) is 0 Å². The molecule has 0 spiro atoms. The highest BCUT2D eigenvalue weighted by molar-refractivity contribution is 7.55. The van der Waals surface area contributed by atoms with E-state index in [1.165, 1.54) is 11.3 Å². The van der Waals surface area contributed by atoms with Gasteiger partial charge in [-0.05, 0) is 6.07 Å². The summed E-state index contributed by atoms with van der Waals surface area (Å²) in [7, 11) is -1.95. The molecule has 0 bridgehead atoms. The third kappa shape index (κ3) is 1.25. The lowest BCUT2D eigenvalue weighted by Crippen LogP contribution is -1.95. The molecule has 2 rings (SSSR count). The van der Waals surface area contributed by atoms with Crippen molar-refractivity contribution in [3.63, 3.8) is 0 Å². The molecule has 0 saturated carbocycles. The molecule has 2 nitrogen and oxygen atoms in total. The van der Waals surface area contributed by atoms with Gasteiger partial charge < -0.3 is 9.79 Å². The Hall–Kier alpha value is -0.470. The minimum absolute atomic E-state index is 0.658. The molecule has 0 saturated heterocycles. The lowest BCUT2D eigenvalue weighted by Gasteiger charge is -1.98. The van der Waals surface area contributed by atoms with Gasteiger partial charge in [-0.3, -0.25) is 0 Å². The molecule has 12 heavy (non-hydrogen) atoms. The number of fused-ring (bicyclic) bond motifs is 1. The largest absolute Gasteiger partial charge is 0.347 e. The van der Waals surface area contributed by atoms with Crippen LogP contribution in [0.25, 0.3) is 10.1 Å². The van der Waals surface area contributed by atoms with E-state index in [1.54, 1.807) is 5.38 Å². The van der Waals surface area contributed by atoms with Crippen LogP contribution in [0, 0.1) is 0 Å². The standard InChI is InChI=1S/C8H7O2PS/c9-11(10)7-5-12-8-4-2-1-3-6(7)8/h1-5,9-10H. The van der Waals surface area contributed by atoms with E-state index in [1.807, 2.05) is 24.3 Å². The van der Waals surface area contributed by atoms with Crippen molar-refractivity contribution in [2.45, 2.75) is 0 Å². The molecule has 0 fully saturated rings. The molecule has 0 aliphatic heterocycles. The summed E-state index contributed by atoms with van der Waals surface area (Å²) in [6.45, 7) is 0. The second kappa shape index (κ2) is 3.11. The monoisotopic (exact) mass is 198 g/mol. The summed E-state index contributed by atoms with van der Waals surface area (Å²) >= 11 is 1.54. The predicted molar refractivity (Wildman–Crippen MR) is 52.8 cm³/mol. The average molecular weight is 198 g/mol. The van der Waals surface area contributed by atoms with Crippen molar-refractivity contribution in [3.8, 4) is 0 Å². The minimum atomic E-state index is -1.95. The van der Waals surface area contributed by atoms with Crippen LogP contribution in [-0.2, 0) is 0 Å². The minimum Gasteiger partial charge on any atom is -0.347 e. The Labute approximate surface area is 75.0 Å². The van der Waals surface area contributed by atoms with Crippen LogP contribution in [0.2, 0.25) is 0 Å². The van der Waals surface area contributed by atoms with Gasteiger partial charge in [-0.1, -0.05) is 18.2 Å². The molecule has 0 amide bonds.